The Morgan fingerprint density at radius 3 is 1.67 bits per heavy atom. The van der Waals surface area contributed by atoms with Crippen molar-refractivity contribution in [2.24, 2.45) is 0 Å². The zero-order chi connectivity index (χ0) is 15.3. The fraction of sp³-hybridized carbons (Fsp3) is 0.222. The molecule has 0 saturated carbocycles. The first-order valence-corrected chi connectivity index (χ1v) is 13.5. The molecule has 0 radical (unpaired) electrons. The average Bonchev–Trinajstić information content (AvgIpc) is 2.55. The zero-order valence-electron chi connectivity index (χ0n) is 13.2. The van der Waals surface area contributed by atoms with Crippen LogP contribution in [0.4, 0.5) is 0 Å². The fourth-order valence-corrected chi connectivity index (χ4v) is 14.6. The molecule has 0 aliphatic rings. The molecule has 0 aromatic heterocycles. The molecular formula is C18H24OSi2. The van der Waals surface area contributed by atoms with Gasteiger partial charge in [-0.05, 0) is 13.5 Å². The molecule has 2 aromatic carbocycles. The summed E-state index contributed by atoms with van der Waals surface area (Å²) in [6.07, 6.45) is 0. The summed E-state index contributed by atoms with van der Waals surface area (Å²) in [4.78, 5) is 0. The first-order valence-electron chi connectivity index (χ1n) is 7.47. The molecule has 0 spiro atoms. The molecule has 0 heterocycles. The van der Waals surface area contributed by atoms with Crippen molar-refractivity contribution >= 4 is 25.8 Å². The van der Waals surface area contributed by atoms with E-state index in [1.54, 1.807) is 0 Å². The molecule has 0 amide bonds. The van der Waals surface area contributed by atoms with E-state index < -0.39 is 15.4 Å². The zero-order valence-corrected chi connectivity index (χ0v) is 15.2. The molecule has 0 N–H and O–H groups in total. The maximum absolute atomic E-state index is 6.34. The van der Waals surface area contributed by atoms with Crippen molar-refractivity contribution in [3.05, 3.63) is 72.9 Å². The molecule has 110 valence electrons. The van der Waals surface area contributed by atoms with E-state index in [1.165, 1.54) is 10.4 Å². The van der Waals surface area contributed by atoms with Crippen LogP contribution in [-0.4, -0.2) is 22.0 Å². The second-order valence-electron chi connectivity index (χ2n) is 5.60. The van der Waals surface area contributed by atoms with Crippen LogP contribution in [0, 0.1) is 0 Å². The van der Waals surface area contributed by atoms with Gasteiger partial charge in [0.15, 0.2) is 0 Å². The fourth-order valence-electron chi connectivity index (χ4n) is 2.99. The molecule has 1 nitrogen and oxygen atoms in total. The molecule has 0 bridgehead atoms. The van der Waals surface area contributed by atoms with Gasteiger partial charge in [-0.1, -0.05) is 83.3 Å². The van der Waals surface area contributed by atoms with E-state index in [2.05, 4.69) is 93.0 Å². The number of benzene rings is 2. The Hall–Kier alpha value is -1.43. The molecule has 1 atom stereocenters. The van der Waals surface area contributed by atoms with Gasteiger partial charge in [-0.25, -0.2) is 0 Å². The first kappa shape index (κ1) is 16.0. The predicted molar refractivity (Wildman–Crippen MR) is 97.2 cm³/mol. The van der Waals surface area contributed by atoms with Crippen LogP contribution in [0.2, 0.25) is 13.1 Å². The minimum absolute atomic E-state index is 0.747. The lowest BCUT2D eigenvalue weighted by molar-refractivity contribution is 0.345. The van der Waals surface area contributed by atoms with Crippen molar-refractivity contribution in [2.45, 2.75) is 20.0 Å². The summed E-state index contributed by atoms with van der Waals surface area (Å²) in [5, 5.41) is 2.86. The van der Waals surface area contributed by atoms with Crippen LogP contribution in [0.25, 0.3) is 0 Å². The van der Waals surface area contributed by atoms with Crippen LogP contribution in [-0.2, 0) is 4.43 Å². The summed E-state index contributed by atoms with van der Waals surface area (Å²) >= 11 is 0. The Morgan fingerprint density at radius 1 is 0.905 bits per heavy atom. The number of rotatable bonds is 6. The third kappa shape index (κ3) is 2.81. The van der Waals surface area contributed by atoms with E-state index >= 15 is 0 Å². The van der Waals surface area contributed by atoms with Crippen LogP contribution in [0.3, 0.4) is 0 Å². The average molecular weight is 313 g/mol. The highest BCUT2D eigenvalue weighted by Gasteiger charge is 2.51. The molecular weight excluding hydrogens is 288 g/mol. The van der Waals surface area contributed by atoms with Crippen molar-refractivity contribution in [3.63, 3.8) is 0 Å². The van der Waals surface area contributed by atoms with E-state index in [4.69, 9.17) is 4.43 Å². The highest BCUT2D eigenvalue weighted by atomic mass is 29.3. The number of hydrogen-bond donors (Lipinski definition) is 0. The quantitative estimate of drug-likeness (QED) is 0.744. The Bertz CT molecular complexity index is 543. The second kappa shape index (κ2) is 6.56. The molecule has 0 saturated heterocycles. The largest absolute Gasteiger partial charge is 0.415 e. The number of hydrogen-bond acceptors (Lipinski definition) is 1. The van der Waals surface area contributed by atoms with Crippen LogP contribution in [0.1, 0.15) is 6.92 Å². The highest BCUT2D eigenvalue weighted by molar-refractivity contribution is 7.50. The Kier molecular flexibility index (Phi) is 4.98. The van der Waals surface area contributed by atoms with Crippen molar-refractivity contribution in [1.29, 1.82) is 0 Å². The molecule has 21 heavy (non-hydrogen) atoms. The molecule has 2 aromatic rings. The Morgan fingerprint density at radius 2 is 1.33 bits per heavy atom. The summed E-state index contributed by atoms with van der Waals surface area (Å²) in [6.45, 7) is 11.7. The normalized spacial score (nSPS) is 14.4. The van der Waals surface area contributed by atoms with Crippen LogP contribution in [0.5, 0.6) is 0 Å². The lowest BCUT2D eigenvalue weighted by Gasteiger charge is -2.41. The van der Waals surface area contributed by atoms with Gasteiger partial charge in [0.05, 0.1) is 0 Å². The van der Waals surface area contributed by atoms with Gasteiger partial charge in [-0.2, -0.15) is 0 Å². The standard InChI is InChI=1S/C18H24OSi2/c1-5-19-20(3,6-2)21(4,17-13-9-7-10-14-17)18-15-11-8-12-16-18/h6-16H,2,5H2,1,3-4H3. The van der Waals surface area contributed by atoms with E-state index in [0.717, 1.165) is 6.61 Å². The monoisotopic (exact) mass is 312 g/mol. The van der Waals surface area contributed by atoms with Gasteiger partial charge in [0, 0.05) is 6.61 Å². The van der Waals surface area contributed by atoms with Crippen LogP contribution < -0.4 is 10.4 Å². The van der Waals surface area contributed by atoms with Crippen molar-refractivity contribution in [1.82, 2.24) is 0 Å². The molecule has 1 unspecified atom stereocenters. The minimum atomic E-state index is -2.06. The summed E-state index contributed by atoms with van der Waals surface area (Å²) < 4.78 is 6.34. The smallest absolute Gasteiger partial charge is 0.209 e. The first-order chi connectivity index (χ1) is 10.1. The summed E-state index contributed by atoms with van der Waals surface area (Å²) in [5.41, 5.74) is 2.13. The molecule has 3 heteroatoms. The molecule has 0 aliphatic carbocycles. The highest BCUT2D eigenvalue weighted by Crippen LogP contribution is 2.22. The van der Waals surface area contributed by atoms with E-state index in [0.29, 0.717) is 0 Å². The minimum Gasteiger partial charge on any atom is -0.415 e. The molecule has 2 rings (SSSR count). The maximum atomic E-state index is 6.34. The summed E-state index contributed by atoms with van der Waals surface area (Å²) in [7, 11) is -4.03. The van der Waals surface area contributed by atoms with E-state index in [1.807, 2.05) is 0 Å². The van der Waals surface area contributed by atoms with E-state index in [9.17, 15) is 0 Å². The van der Waals surface area contributed by atoms with Crippen molar-refractivity contribution in [3.8, 4) is 0 Å². The molecule has 0 fully saturated rings. The SMILES string of the molecule is C=C[Si](C)(OCC)[Si](C)(c1ccccc1)c1ccccc1. The van der Waals surface area contributed by atoms with Crippen molar-refractivity contribution in [2.75, 3.05) is 6.61 Å². The Balaban J connectivity index is 2.68. The van der Waals surface area contributed by atoms with Gasteiger partial charge in [0.1, 0.15) is 7.59 Å². The third-order valence-corrected chi connectivity index (χ3v) is 19.9. The van der Waals surface area contributed by atoms with Gasteiger partial charge < -0.3 is 4.43 Å². The maximum Gasteiger partial charge on any atom is 0.209 e. The third-order valence-electron chi connectivity index (χ3n) is 4.53. The topological polar surface area (TPSA) is 9.23 Å². The van der Waals surface area contributed by atoms with Gasteiger partial charge >= 0.3 is 0 Å². The lowest BCUT2D eigenvalue weighted by Crippen LogP contribution is -2.74. The van der Waals surface area contributed by atoms with Gasteiger partial charge in [0.2, 0.25) is 7.83 Å². The van der Waals surface area contributed by atoms with Crippen LogP contribution >= 0.6 is 0 Å². The summed E-state index contributed by atoms with van der Waals surface area (Å²) in [5.74, 6) is 0. The van der Waals surface area contributed by atoms with Gasteiger partial charge in [-0.3, -0.25) is 0 Å². The second-order valence-corrected chi connectivity index (χ2v) is 17.9. The van der Waals surface area contributed by atoms with Crippen LogP contribution in [0.15, 0.2) is 72.9 Å². The Labute approximate surface area is 130 Å². The lowest BCUT2D eigenvalue weighted by atomic mass is 10.4. The van der Waals surface area contributed by atoms with Gasteiger partial charge in [0.25, 0.3) is 0 Å². The van der Waals surface area contributed by atoms with E-state index in [-0.39, 0.29) is 0 Å². The van der Waals surface area contributed by atoms with Crippen molar-refractivity contribution < 1.29 is 4.43 Å². The summed E-state index contributed by atoms with van der Waals surface area (Å²) in [6, 6.07) is 21.7. The predicted octanol–water partition coefficient (Wildman–Crippen LogP) is 3.29. The molecule has 0 aliphatic heterocycles. The van der Waals surface area contributed by atoms with Gasteiger partial charge in [-0.15, -0.1) is 6.58 Å².